The molecule has 1 fully saturated rings. The number of rotatable bonds is 6. The van der Waals surface area contributed by atoms with Crippen LogP contribution in [0.4, 0.5) is 4.39 Å². The Bertz CT molecular complexity index is 435. The minimum absolute atomic E-state index is 0.200. The van der Waals surface area contributed by atoms with E-state index in [1.807, 2.05) is 0 Å². The Morgan fingerprint density at radius 1 is 1.14 bits per heavy atom. The van der Waals surface area contributed by atoms with E-state index in [0.717, 1.165) is 57.9 Å². The second-order valence-electron chi connectivity index (χ2n) is 5.17. The molecule has 1 aliphatic heterocycles. The van der Waals surface area contributed by atoms with Gasteiger partial charge < -0.3 is 20.3 Å². The molecule has 1 aromatic carbocycles. The lowest BCUT2D eigenvalue weighted by Gasteiger charge is -2.24. The van der Waals surface area contributed by atoms with Crippen molar-refractivity contribution in [2.45, 2.75) is 6.42 Å². The second-order valence-corrected chi connectivity index (χ2v) is 5.58. The lowest BCUT2D eigenvalue weighted by molar-refractivity contribution is -0.906. The third kappa shape index (κ3) is 6.37. The number of nitrogens with one attached hydrogen (secondary N) is 3. The van der Waals surface area contributed by atoms with Crippen LogP contribution in [0.3, 0.4) is 0 Å². The lowest BCUT2D eigenvalue weighted by atomic mass is 10.1. The number of benzene rings is 1. The van der Waals surface area contributed by atoms with Gasteiger partial charge in [-0.3, -0.25) is 0 Å². The molecular formula is C15H23FN3OS+. The number of thiocarbonyl (C=S) groups is 1. The third-order valence-corrected chi connectivity index (χ3v) is 3.87. The average molecular weight is 312 g/mol. The van der Waals surface area contributed by atoms with Gasteiger partial charge in [-0.15, -0.1) is 0 Å². The van der Waals surface area contributed by atoms with E-state index in [1.165, 1.54) is 12.1 Å². The lowest BCUT2D eigenvalue weighted by Crippen LogP contribution is -3.14. The molecule has 0 bridgehead atoms. The van der Waals surface area contributed by atoms with Crippen molar-refractivity contribution in [3.63, 3.8) is 0 Å². The quantitative estimate of drug-likeness (QED) is 0.633. The molecule has 1 heterocycles. The summed E-state index contributed by atoms with van der Waals surface area (Å²) in [5, 5.41) is 7.09. The highest BCUT2D eigenvalue weighted by Gasteiger charge is 2.12. The summed E-state index contributed by atoms with van der Waals surface area (Å²) in [7, 11) is 0. The monoisotopic (exact) mass is 312 g/mol. The Balaban J connectivity index is 1.54. The maximum absolute atomic E-state index is 12.8. The summed E-state index contributed by atoms with van der Waals surface area (Å²) in [5.74, 6) is -0.200. The number of quaternary nitrogens is 1. The van der Waals surface area contributed by atoms with Crippen molar-refractivity contribution in [3.8, 4) is 0 Å². The molecule has 2 rings (SSSR count). The fourth-order valence-electron chi connectivity index (χ4n) is 2.30. The number of halogens is 1. The predicted molar refractivity (Wildman–Crippen MR) is 85.1 cm³/mol. The fraction of sp³-hybridized carbons (Fsp3) is 0.533. The number of ether oxygens (including phenoxy) is 1. The molecule has 0 aromatic heterocycles. The number of morpholine rings is 1. The molecule has 0 saturated carbocycles. The molecule has 1 aromatic rings. The van der Waals surface area contributed by atoms with Crippen LogP contribution in [0.25, 0.3) is 0 Å². The van der Waals surface area contributed by atoms with E-state index in [2.05, 4.69) is 10.6 Å². The van der Waals surface area contributed by atoms with E-state index in [-0.39, 0.29) is 5.82 Å². The highest BCUT2D eigenvalue weighted by atomic mass is 32.1. The Kier molecular flexibility index (Phi) is 6.85. The molecule has 3 N–H and O–H groups in total. The SMILES string of the molecule is Fc1ccc(CCNC(=S)NCC[NH+]2CCOCC2)cc1. The van der Waals surface area contributed by atoms with E-state index in [0.29, 0.717) is 5.11 Å². The van der Waals surface area contributed by atoms with E-state index in [1.54, 1.807) is 17.0 Å². The molecule has 0 amide bonds. The van der Waals surface area contributed by atoms with Crippen molar-refractivity contribution in [3.05, 3.63) is 35.6 Å². The molecular weight excluding hydrogens is 289 g/mol. The molecule has 6 heteroatoms. The van der Waals surface area contributed by atoms with E-state index in [4.69, 9.17) is 17.0 Å². The van der Waals surface area contributed by atoms with Crippen molar-refractivity contribution in [1.82, 2.24) is 10.6 Å². The number of hydrogen-bond donors (Lipinski definition) is 3. The summed E-state index contributed by atoms with van der Waals surface area (Å²) in [5.41, 5.74) is 1.10. The first kappa shape index (κ1) is 16.1. The zero-order valence-electron chi connectivity index (χ0n) is 12.2. The minimum atomic E-state index is -0.200. The summed E-state index contributed by atoms with van der Waals surface area (Å²) < 4.78 is 18.1. The molecule has 1 saturated heterocycles. The van der Waals surface area contributed by atoms with Crippen LogP contribution < -0.4 is 15.5 Å². The zero-order chi connectivity index (χ0) is 14.9. The highest BCUT2D eigenvalue weighted by molar-refractivity contribution is 7.80. The summed E-state index contributed by atoms with van der Waals surface area (Å²) in [6.45, 7) is 6.55. The summed E-state index contributed by atoms with van der Waals surface area (Å²) in [6, 6.07) is 6.57. The Morgan fingerprint density at radius 3 is 2.52 bits per heavy atom. The first-order valence-corrected chi connectivity index (χ1v) is 7.82. The molecule has 1 aliphatic rings. The summed E-state index contributed by atoms with van der Waals surface area (Å²) >= 11 is 5.24. The maximum Gasteiger partial charge on any atom is 0.166 e. The van der Waals surface area contributed by atoms with Crippen LogP contribution in [0, 0.1) is 5.82 Å². The molecule has 21 heavy (non-hydrogen) atoms. The van der Waals surface area contributed by atoms with Crippen LogP contribution >= 0.6 is 12.2 Å². The molecule has 0 radical (unpaired) electrons. The first-order valence-electron chi connectivity index (χ1n) is 7.41. The van der Waals surface area contributed by atoms with Gasteiger partial charge in [0.1, 0.15) is 18.9 Å². The normalized spacial score (nSPS) is 15.7. The van der Waals surface area contributed by atoms with Crippen LogP contribution in [0.15, 0.2) is 24.3 Å². The van der Waals surface area contributed by atoms with Gasteiger partial charge in [-0.2, -0.15) is 0 Å². The minimum Gasteiger partial charge on any atom is -0.370 e. The Labute approximate surface area is 130 Å². The highest BCUT2D eigenvalue weighted by Crippen LogP contribution is 2.02. The van der Waals surface area contributed by atoms with Gasteiger partial charge >= 0.3 is 0 Å². The summed E-state index contributed by atoms with van der Waals surface area (Å²) in [6.07, 6.45) is 0.830. The van der Waals surface area contributed by atoms with Gasteiger partial charge in [0.15, 0.2) is 5.11 Å². The topological polar surface area (TPSA) is 37.7 Å². The van der Waals surface area contributed by atoms with Crippen LogP contribution in [0.1, 0.15) is 5.56 Å². The van der Waals surface area contributed by atoms with Crippen LogP contribution in [0.5, 0.6) is 0 Å². The molecule has 4 nitrogen and oxygen atoms in total. The second kappa shape index (κ2) is 8.92. The predicted octanol–water partition coefficient (Wildman–Crippen LogP) is -0.253. The fourth-order valence-corrected chi connectivity index (χ4v) is 2.50. The first-order chi connectivity index (χ1) is 10.2. The van der Waals surface area contributed by atoms with E-state index >= 15 is 0 Å². The van der Waals surface area contributed by atoms with Crippen LogP contribution in [-0.4, -0.2) is 51.0 Å². The third-order valence-electron chi connectivity index (χ3n) is 3.58. The largest absolute Gasteiger partial charge is 0.370 e. The van der Waals surface area contributed by atoms with E-state index < -0.39 is 0 Å². The summed E-state index contributed by atoms with van der Waals surface area (Å²) in [4.78, 5) is 1.56. The van der Waals surface area contributed by atoms with Crippen molar-refractivity contribution >= 4 is 17.3 Å². The van der Waals surface area contributed by atoms with Gasteiger partial charge in [-0.25, -0.2) is 4.39 Å². The van der Waals surface area contributed by atoms with Gasteiger partial charge in [-0.1, -0.05) is 12.1 Å². The smallest absolute Gasteiger partial charge is 0.166 e. The van der Waals surface area contributed by atoms with Crippen molar-refractivity contribution in [2.75, 3.05) is 45.9 Å². The van der Waals surface area contributed by atoms with Crippen molar-refractivity contribution in [1.29, 1.82) is 0 Å². The van der Waals surface area contributed by atoms with Crippen molar-refractivity contribution in [2.24, 2.45) is 0 Å². The Hall–Kier alpha value is -1.24. The molecule has 0 unspecified atom stereocenters. The van der Waals surface area contributed by atoms with Gasteiger partial charge in [0, 0.05) is 6.54 Å². The molecule has 0 spiro atoms. The van der Waals surface area contributed by atoms with E-state index in [9.17, 15) is 4.39 Å². The zero-order valence-corrected chi connectivity index (χ0v) is 13.0. The Morgan fingerprint density at radius 2 is 1.81 bits per heavy atom. The van der Waals surface area contributed by atoms with Gasteiger partial charge in [0.05, 0.1) is 26.3 Å². The molecule has 0 atom stereocenters. The molecule has 116 valence electrons. The van der Waals surface area contributed by atoms with Gasteiger partial charge in [0.25, 0.3) is 0 Å². The molecule has 0 aliphatic carbocycles. The average Bonchev–Trinajstić information content (AvgIpc) is 2.50. The number of hydrogen-bond acceptors (Lipinski definition) is 2. The van der Waals surface area contributed by atoms with Gasteiger partial charge in [0.2, 0.25) is 0 Å². The maximum atomic E-state index is 12.8. The van der Waals surface area contributed by atoms with Crippen LogP contribution in [-0.2, 0) is 11.2 Å². The van der Waals surface area contributed by atoms with Gasteiger partial charge in [-0.05, 0) is 36.3 Å². The van der Waals surface area contributed by atoms with Crippen molar-refractivity contribution < 1.29 is 14.0 Å². The van der Waals surface area contributed by atoms with Crippen LogP contribution in [0.2, 0.25) is 0 Å². The standard InChI is InChI=1S/C15H22FN3OS/c16-14-3-1-13(2-4-14)5-6-17-15(21)18-7-8-19-9-11-20-12-10-19/h1-4H,5-12H2,(H2,17,18,21)/p+1.